The molecular weight excluding hydrogens is 655 g/mol. The molecule has 2 aliphatic rings. The van der Waals surface area contributed by atoms with Gasteiger partial charge in [-0.3, -0.25) is 19.2 Å². The Morgan fingerprint density at radius 2 is 1.20 bits per heavy atom. The number of carbonyl (C=O) groups excluding carboxylic acids is 4. The van der Waals surface area contributed by atoms with Crippen LogP contribution in [-0.4, -0.2) is 48.6 Å². The molecule has 6 rings (SSSR count). The van der Waals surface area contributed by atoms with E-state index in [2.05, 4.69) is 0 Å². The highest BCUT2D eigenvalue weighted by atomic mass is 35.5. The molecule has 0 saturated heterocycles. The molecule has 4 heterocycles. The lowest BCUT2D eigenvalue weighted by atomic mass is 9.97. The molecule has 2 amide bonds. The van der Waals surface area contributed by atoms with Crippen molar-refractivity contribution in [1.29, 1.82) is 0 Å². The number of thiophene rings is 2. The number of rotatable bonds is 8. The van der Waals surface area contributed by atoms with Crippen LogP contribution >= 0.6 is 45.9 Å². The molecule has 8 nitrogen and oxygen atoms in total. The summed E-state index contributed by atoms with van der Waals surface area (Å²) in [7, 11) is 0. The summed E-state index contributed by atoms with van der Waals surface area (Å²) in [5, 5.41) is 5.04. The third-order valence-corrected chi connectivity index (χ3v) is 10.9. The first-order chi connectivity index (χ1) is 23.8. The van der Waals surface area contributed by atoms with Crippen LogP contribution in [0.4, 0.5) is 11.4 Å². The predicted molar refractivity (Wildman–Crippen MR) is 181 cm³/mol. The number of fused-ring (bicyclic) bond motifs is 6. The third kappa shape index (κ3) is 5.60. The second kappa shape index (κ2) is 12.5. The fourth-order valence-corrected chi connectivity index (χ4v) is 8.72. The van der Waals surface area contributed by atoms with Gasteiger partial charge in [-0.1, -0.05) is 0 Å². The minimum absolute atomic E-state index is 0.0194. The van der Waals surface area contributed by atoms with Crippen LogP contribution in [0.25, 0.3) is 20.2 Å². The SMILES string of the molecule is [2H]C([2H])(C(=O)N1C[C@@H](CCl)c2c1cc(OC(C)=O)c1scc(C)c21)C([2H])([2H])C([2H])([2H])C(=O)N1C[C@@H](CCl)c2c1cc(OC(C)=O)c1scc(C)c21. The Kier molecular flexibility index (Phi) is 6.96. The van der Waals surface area contributed by atoms with E-state index in [0.717, 1.165) is 20.9 Å². The molecule has 45 heavy (non-hydrogen) atoms. The number of hydrogen-bond donors (Lipinski definition) is 0. The van der Waals surface area contributed by atoms with Gasteiger partial charge in [0.15, 0.2) is 11.5 Å². The monoisotopic (exact) mass is 692 g/mol. The fraction of sp³-hybridized carbons (Fsp3) is 0.394. The third-order valence-electron chi connectivity index (χ3n) is 7.94. The molecule has 0 bridgehead atoms. The second-order valence-corrected chi connectivity index (χ2v) is 13.3. The van der Waals surface area contributed by atoms with Crippen LogP contribution < -0.4 is 19.3 Å². The molecule has 0 radical (unpaired) electrons. The van der Waals surface area contributed by atoms with Crippen molar-refractivity contribution < 1.29 is 36.9 Å². The Bertz CT molecular complexity index is 2010. The van der Waals surface area contributed by atoms with Crippen LogP contribution in [0.2, 0.25) is 0 Å². The quantitative estimate of drug-likeness (QED) is 0.106. The van der Waals surface area contributed by atoms with Crippen LogP contribution in [0.1, 0.15) is 75.3 Å². The molecule has 0 N–H and O–H groups in total. The predicted octanol–water partition coefficient (Wildman–Crippen LogP) is 7.79. The first-order valence-electron chi connectivity index (χ1n) is 17.0. The minimum Gasteiger partial charge on any atom is -0.425 e. The fourth-order valence-electron chi connectivity index (χ4n) is 6.18. The van der Waals surface area contributed by atoms with Gasteiger partial charge in [0, 0.05) is 94.4 Å². The second-order valence-electron chi connectivity index (χ2n) is 11.0. The van der Waals surface area contributed by atoms with Crippen molar-refractivity contribution in [2.75, 3.05) is 34.6 Å². The number of alkyl halides is 2. The van der Waals surface area contributed by atoms with Crippen LogP contribution in [-0.2, 0) is 19.2 Å². The number of benzene rings is 2. The van der Waals surface area contributed by atoms with Gasteiger partial charge in [-0.05, 0) is 53.2 Å². The van der Waals surface area contributed by atoms with Crippen molar-refractivity contribution in [3.63, 3.8) is 0 Å². The highest BCUT2D eigenvalue weighted by molar-refractivity contribution is 7.18. The Balaban J connectivity index is 1.41. The standard InChI is InChI=1S/C33H32Cl2N2O6S2/c1-16-14-44-32-24(42-18(3)38)8-22-30(28(16)32)20(10-34)12-36(22)26(40)6-5-7-27(41)37-13-21(11-35)31-23(37)9-25(43-19(4)39)33-29(31)17(2)15-45-33/h8-9,14-15,20-21H,5-7,10-13H2,1-4H3/t20-,21-/m1/s1/i5D2,6D2,7D2. The van der Waals surface area contributed by atoms with Crippen LogP contribution in [0.3, 0.4) is 0 Å². The smallest absolute Gasteiger partial charge is 0.308 e. The molecule has 2 aromatic heterocycles. The van der Waals surface area contributed by atoms with E-state index < -0.39 is 54.7 Å². The van der Waals surface area contributed by atoms with Crippen LogP contribution in [0.15, 0.2) is 22.9 Å². The van der Waals surface area contributed by atoms with E-state index in [4.69, 9.17) is 40.9 Å². The zero-order valence-corrected chi connectivity index (χ0v) is 27.9. The maximum atomic E-state index is 14.2. The number of hydrogen-bond acceptors (Lipinski definition) is 8. The largest absolute Gasteiger partial charge is 0.425 e. The molecule has 0 unspecified atom stereocenters. The molecule has 2 aromatic carbocycles. The molecule has 0 saturated carbocycles. The summed E-state index contributed by atoms with van der Waals surface area (Å²) in [6.07, 6.45) is -11.0. The number of esters is 2. The van der Waals surface area contributed by atoms with E-state index >= 15 is 0 Å². The Labute approximate surface area is 287 Å². The number of nitrogens with zero attached hydrogens (tertiary/aromatic N) is 2. The lowest BCUT2D eigenvalue weighted by Gasteiger charge is -2.20. The lowest BCUT2D eigenvalue weighted by Crippen LogP contribution is -2.32. The van der Waals surface area contributed by atoms with E-state index in [0.29, 0.717) is 31.3 Å². The van der Waals surface area contributed by atoms with Gasteiger partial charge in [0.25, 0.3) is 0 Å². The van der Waals surface area contributed by atoms with Crippen LogP contribution in [0.5, 0.6) is 11.5 Å². The van der Waals surface area contributed by atoms with Gasteiger partial charge < -0.3 is 19.3 Å². The number of amides is 2. The van der Waals surface area contributed by atoms with Gasteiger partial charge >= 0.3 is 11.9 Å². The van der Waals surface area contributed by atoms with Gasteiger partial charge in [0.05, 0.1) is 20.8 Å². The van der Waals surface area contributed by atoms with Crippen molar-refractivity contribution in [2.24, 2.45) is 0 Å². The van der Waals surface area contributed by atoms with E-state index in [9.17, 15) is 19.2 Å². The molecule has 2 aliphatic heterocycles. The number of ether oxygens (including phenoxy) is 2. The molecule has 0 aliphatic carbocycles. The van der Waals surface area contributed by atoms with Gasteiger partial charge in [0.1, 0.15) is 0 Å². The van der Waals surface area contributed by atoms with E-state index in [1.165, 1.54) is 48.7 Å². The number of anilines is 2. The average Bonchev–Trinajstić information content (AvgIpc) is 3.82. The Morgan fingerprint density at radius 1 is 0.800 bits per heavy atom. The summed E-state index contributed by atoms with van der Waals surface area (Å²) in [6.45, 7) is 5.76. The first kappa shape index (κ1) is 25.0. The van der Waals surface area contributed by atoms with Gasteiger partial charge in [-0.25, -0.2) is 0 Å². The number of carbonyl (C=O) groups is 4. The summed E-state index contributed by atoms with van der Waals surface area (Å²) >= 11 is 15.3. The molecule has 0 fully saturated rings. The van der Waals surface area contributed by atoms with E-state index in [-0.39, 0.29) is 47.7 Å². The van der Waals surface area contributed by atoms with Crippen molar-refractivity contribution >= 4 is 101 Å². The van der Waals surface area contributed by atoms with E-state index in [1.54, 1.807) is 0 Å². The maximum absolute atomic E-state index is 14.2. The van der Waals surface area contributed by atoms with Gasteiger partial charge in [0.2, 0.25) is 11.8 Å². The number of halogens is 2. The molecular formula is C33H32Cl2N2O6S2. The minimum atomic E-state index is -3.74. The van der Waals surface area contributed by atoms with Crippen molar-refractivity contribution in [2.45, 2.75) is 58.6 Å². The Morgan fingerprint density at radius 3 is 1.56 bits per heavy atom. The van der Waals surface area contributed by atoms with Crippen LogP contribution in [0, 0.1) is 13.8 Å². The highest BCUT2D eigenvalue weighted by Gasteiger charge is 2.37. The first-order valence-corrected chi connectivity index (χ1v) is 16.8. The van der Waals surface area contributed by atoms with Crippen molar-refractivity contribution in [1.82, 2.24) is 0 Å². The lowest BCUT2D eigenvalue weighted by molar-refractivity contribution is -0.132. The zero-order valence-electron chi connectivity index (χ0n) is 30.7. The summed E-state index contributed by atoms with van der Waals surface area (Å²) in [6, 6.07) is 2.82. The molecule has 12 heteroatoms. The summed E-state index contributed by atoms with van der Waals surface area (Å²) in [4.78, 5) is 54.4. The van der Waals surface area contributed by atoms with E-state index in [1.807, 2.05) is 24.6 Å². The highest BCUT2D eigenvalue weighted by Crippen LogP contribution is 2.50. The topological polar surface area (TPSA) is 93.2 Å². The number of aryl methyl sites for hydroxylation is 2. The van der Waals surface area contributed by atoms with Gasteiger partial charge in [-0.15, -0.1) is 45.9 Å². The summed E-state index contributed by atoms with van der Waals surface area (Å²) in [5.41, 5.74) is 3.09. The molecule has 4 aromatic rings. The summed E-state index contributed by atoms with van der Waals surface area (Å²) in [5.74, 6) is -4.85. The van der Waals surface area contributed by atoms with Crippen molar-refractivity contribution in [3.05, 3.63) is 45.1 Å². The molecule has 2 atom stereocenters. The summed E-state index contributed by atoms with van der Waals surface area (Å²) < 4.78 is 65.4. The average molecular weight is 694 g/mol. The maximum Gasteiger partial charge on any atom is 0.308 e. The van der Waals surface area contributed by atoms with Crippen molar-refractivity contribution in [3.8, 4) is 11.5 Å². The normalized spacial score (nSPS) is 20.1. The molecule has 0 spiro atoms. The van der Waals surface area contributed by atoms with Gasteiger partial charge in [-0.2, -0.15) is 0 Å². The zero-order chi connectivity index (χ0) is 37.5. The Hall–Kier alpha value is -3.18. The molecule has 236 valence electrons.